The maximum Gasteiger partial charge on any atom is 0.186 e. The Kier molecular flexibility index (Phi) is 15.4. The number of hydrogen-bond donors (Lipinski definition) is 0. The summed E-state index contributed by atoms with van der Waals surface area (Å²) in [6, 6.07) is 50.4. The summed E-state index contributed by atoms with van der Waals surface area (Å²) >= 11 is 0. The molecule has 57 heavy (non-hydrogen) atoms. The molecule has 0 amide bonds. The fraction of sp³-hybridized carbons (Fsp3) is 0.375. The molecule has 0 unspecified atom stereocenters. The number of hydrogen-bond acceptors (Lipinski definition) is 9. The highest BCUT2D eigenvalue weighted by molar-refractivity contribution is 5.17. The second kappa shape index (κ2) is 21.5. The zero-order valence-corrected chi connectivity index (χ0v) is 32.8. The van der Waals surface area contributed by atoms with E-state index < -0.39 is 43.1 Å². The van der Waals surface area contributed by atoms with Gasteiger partial charge < -0.3 is 42.6 Å². The van der Waals surface area contributed by atoms with Crippen molar-refractivity contribution in [1.29, 1.82) is 0 Å². The van der Waals surface area contributed by atoms with Gasteiger partial charge in [0.15, 0.2) is 12.6 Å². The molecule has 2 aliphatic rings. The first-order chi connectivity index (χ1) is 28.1. The van der Waals surface area contributed by atoms with E-state index in [1.54, 1.807) is 7.11 Å². The van der Waals surface area contributed by atoms with E-state index in [1.165, 1.54) is 0 Å². The van der Waals surface area contributed by atoms with E-state index in [2.05, 4.69) is 12.1 Å². The van der Waals surface area contributed by atoms with Gasteiger partial charge in [0.05, 0.1) is 51.8 Å². The van der Waals surface area contributed by atoms with Crippen LogP contribution in [0.5, 0.6) is 0 Å². The number of ether oxygens (including phenoxy) is 9. The molecule has 0 aliphatic carbocycles. The van der Waals surface area contributed by atoms with Crippen LogP contribution >= 0.6 is 0 Å². The van der Waals surface area contributed by atoms with E-state index in [0.29, 0.717) is 39.5 Å². The third-order valence-electron chi connectivity index (χ3n) is 10.3. The molecular formula is C48H54O9. The molecule has 300 valence electrons. The Morgan fingerprint density at radius 3 is 1.35 bits per heavy atom. The van der Waals surface area contributed by atoms with Gasteiger partial charge >= 0.3 is 0 Å². The minimum absolute atomic E-state index is 0.227. The summed E-state index contributed by atoms with van der Waals surface area (Å²) in [5, 5.41) is 0. The van der Waals surface area contributed by atoms with Crippen molar-refractivity contribution in [1.82, 2.24) is 0 Å². The Labute approximate surface area is 336 Å². The lowest BCUT2D eigenvalue weighted by molar-refractivity contribution is -0.361. The van der Waals surface area contributed by atoms with Gasteiger partial charge in [0, 0.05) is 13.5 Å². The molecule has 0 spiro atoms. The molecule has 2 fully saturated rings. The fourth-order valence-electron chi connectivity index (χ4n) is 7.23. The van der Waals surface area contributed by atoms with Crippen molar-refractivity contribution in [3.8, 4) is 0 Å². The van der Waals surface area contributed by atoms with Crippen LogP contribution in [-0.2, 0) is 75.7 Å². The molecule has 7 rings (SSSR count). The van der Waals surface area contributed by atoms with Crippen LogP contribution in [0.25, 0.3) is 0 Å². The van der Waals surface area contributed by atoms with E-state index in [9.17, 15) is 0 Å². The van der Waals surface area contributed by atoms with E-state index in [4.69, 9.17) is 42.6 Å². The molecule has 5 aromatic rings. The van der Waals surface area contributed by atoms with Crippen LogP contribution in [0.2, 0.25) is 0 Å². The maximum absolute atomic E-state index is 7.18. The Bertz CT molecular complexity index is 1830. The molecule has 9 atom stereocenters. The molecule has 0 saturated carbocycles. The average molecular weight is 775 g/mol. The lowest BCUT2D eigenvalue weighted by atomic mass is 9.97. The van der Waals surface area contributed by atoms with E-state index >= 15 is 0 Å². The van der Waals surface area contributed by atoms with Crippen molar-refractivity contribution in [2.24, 2.45) is 0 Å². The predicted molar refractivity (Wildman–Crippen MR) is 216 cm³/mol. The van der Waals surface area contributed by atoms with Crippen LogP contribution < -0.4 is 0 Å². The third kappa shape index (κ3) is 11.9. The van der Waals surface area contributed by atoms with Crippen LogP contribution in [0.4, 0.5) is 0 Å². The SMILES string of the molecule is CO[C@H]1O[C@H](COCc2ccccc2)[C@@H](OCc2ccccc2)[C@H](O[C@H]2O[C@H](C)[C@@H](OCc3ccccc3)C[C@@H]2OCc2ccccc2)[C@@H]1OCc1ccccc1. The molecule has 9 heteroatoms. The second-order valence-corrected chi connectivity index (χ2v) is 14.5. The molecular weight excluding hydrogens is 721 g/mol. The molecule has 0 radical (unpaired) electrons. The van der Waals surface area contributed by atoms with Gasteiger partial charge in [-0.2, -0.15) is 0 Å². The van der Waals surface area contributed by atoms with Crippen LogP contribution in [0.1, 0.15) is 41.2 Å². The zero-order valence-electron chi connectivity index (χ0n) is 32.8. The van der Waals surface area contributed by atoms with Gasteiger partial charge in [-0.25, -0.2) is 0 Å². The highest BCUT2D eigenvalue weighted by Gasteiger charge is 2.51. The summed E-state index contributed by atoms with van der Waals surface area (Å²) in [6.07, 6.45) is -4.70. The van der Waals surface area contributed by atoms with Crippen LogP contribution in [-0.4, -0.2) is 69.0 Å². The van der Waals surface area contributed by atoms with Crippen LogP contribution in [0.3, 0.4) is 0 Å². The molecule has 2 aliphatic heterocycles. The fourth-order valence-corrected chi connectivity index (χ4v) is 7.23. The molecule has 2 saturated heterocycles. The Morgan fingerprint density at radius 2 is 0.877 bits per heavy atom. The topological polar surface area (TPSA) is 83.1 Å². The summed E-state index contributed by atoms with van der Waals surface area (Å²) in [5.74, 6) is 0. The minimum Gasteiger partial charge on any atom is -0.374 e. The largest absolute Gasteiger partial charge is 0.374 e. The normalized spacial score (nSPS) is 26.2. The first kappa shape index (κ1) is 40.9. The Hall–Kier alpha value is -4.26. The summed E-state index contributed by atoms with van der Waals surface area (Å²) in [5.41, 5.74) is 5.22. The predicted octanol–water partition coefficient (Wildman–Crippen LogP) is 8.44. The smallest absolute Gasteiger partial charge is 0.186 e. The van der Waals surface area contributed by atoms with Gasteiger partial charge in [-0.3, -0.25) is 0 Å². The first-order valence-electron chi connectivity index (χ1n) is 19.9. The standard InChI is InChI=1S/C48H54O9/c1-35-41(51-30-37-20-10-4-11-21-37)28-42(52-31-38-22-12-5-13-23-38)47(55-35)57-45-44(53-32-39-24-14-6-15-25-39)43(34-50-29-36-18-8-3-9-19-36)56-48(49-2)46(45)54-33-40-26-16-7-17-27-40/h3-27,35,41-48H,28-34H2,1-2H3/t35-,41+,42+,43-,44-,45+,46+,47-,48+/m1/s1. The number of benzene rings is 5. The van der Waals surface area contributed by atoms with Gasteiger partial charge in [-0.1, -0.05) is 152 Å². The molecule has 0 N–H and O–H groups in total. The summed E-state index contributed by atoms with van der Waals surface area (Å²) in [4.78, 5) is 0. The van der Waals surface area contributed by atoms with Crippen LogP contribution in [0.15, 0.2) is 152 Å². The number of methoxy groups -OCH3 is 1. The van der Waals surface area contributed by atoms with E-state index in [1.807, 2.05) is 146 Å². The van der Waals surface area contributed by atoms with Gasteiger partial charge in [0.2, 0.25) is 0 Å². The van der Waals surface area contributed by atoms with Gasteiger partial charge in [-0.15, -0.1) is 0 Å². The molecule has 9 nitrogen and oxygen atoms in total. The van der Waals surface area contributed by atoms with Crippen molar-refractivity contribution >= 4 is 0 Å². The van der Waals surface area contributed by atoms with Crippen molar-refractivity contribution < 1.29 is 42.6 Å². The zero-order chi connectivity index (χ0) is 39.1. The molecule has 0 bridgehead atoms. The van der Waals surface area contributed by atoms with Gasteiger partial charge in [0.25, 0.3) is 0 Å². The maximum atomic E-state index is 7.18. The van der Waals surface area contributed by atoms with E-state index in [-0.39, 0.29) is 18.8 Å². The summed E-state index contributed by atoms with van der Waals surface area (Å²) in [7, 11) is 1.62. The third-order valence-corrected chi connectivity index (χ3v) is 10.3. The molecule has 2 heterocycles. The monoisotopic (exact) mass is 774 g/mol. The second-order valence-electron chi connectivity index (χ2n) is 14.5. The molecule has 5 aromatic carbocycles. The summed E-state index contributed by atoms with van der Waals surface area (Å²) < 4.78 is 59.7. The highest BCUT2D eigenvalue weighted by atomic mass is 16.8. The van der Waals surface area contributed by atoms with Gasteiger partial charge in [-0.05, 0) is 34.7 Å². The van der Waals surface area contributed by atoms with Crippen LogP contribution in [0, 0.1) is 0 Å². The average Bonchev–Trinajstić information content (AvgIpc) is 3.26. The quantitative estimate of drug-likeness (QED) is 0.0822. The number of rotatable bonds is 19. The van der Waals surface area contributed by atoms with Crippen molar-refractivity contribution in [3.63, 3.8) is 0 Å². The van der Waals surface area contributed by atoms with Crippen molar-refractivity contribution in [2.75, 3.05) is 13.7 Å². The summed E-state index contributed by atoms with van der Waals surface area (Å²) in [6.45, 7) is 4.12. The van der Waals surface area contributed by atoms with Gasteiger partial charge in [0.1, 0.15) is 30.5 Å². The van der Waals surface area contributed by atoms with E-state index in [0.717, 1.165) is 27.8 Å². The lowest BCUT2D eigenvalue weighted by Gasteiger charge is -2.48. The molecule has 0 aromatic heterocycles. The lowest BCUT2D eigenvalue weighted by Crippen LogP contribution is -2.63. The first-order valence-corrected chi connectivity index (χ1v) is 19.9. The van der Waals surface area contributed by atoms with Crippen molar-refractivity contribution in [3.05, 3.63) is 179 Å². The highest BCUT2D eigenvalue weighted by Crippen LogP contribution is 2.35. The minimum atomic E-state index is -0.799. The van der Waals surface area contributed by atoms with Crippen molar-refractivity contribution in [2.45, 2.75) is 102 Å². The Morgan fingerprint density at radius 1 is 0.456 bits per heavy atom. The Balaban J connectivity index is 1.17.